The number of hydrogen-bond donors (Lipinski definition) is 1. The molecule has 1 aromatic rings. The Kier molecular flexibility index (Phi) is 9.31. The van der Waals surface area contributed by atoms with Gasteiger partial charge in [0.05, 0.1) is 17.7 Å². The Morgan fingerprint density at radius 1 is 1.24 bits per heavy atom. The van der Waals surface area contributed by atoms with E-state index < -0.39 is 24.4 Å². The third-order valence-electron chi connectivity index (χ3n) is 5.71. The second-order valence-corrected chi connectivity index (χ2v) is 8.55. The lowest BCUT2D eigenvalue weighted by Crippen LogP contribution is -2.48. The van der Waals surface area contributed by atoms with Gasteiger partial charge in [0.2, 0.25) is 11.8 Å². The summed E-state index contributed by atoms with van der Waals surface area (Å²) >= 11 is 0. The second-order valence-electron chi connectivity index (χ2n) is 8.55. The summed E-state index contributed by atoms with van der Waals surface area (Å²) in [5.41, 5.74) is 0.119. The van der Waals surface area contributed by atoms with E-state index in [0.29, 0.717) is 13.0 Å². The Balaban J connectivity index is 2.41. The molecule has 0 saturated carbocycles. The van der Waals surface area contributed by atoms with Crippen LogP contribution in [0.5, 0.6) is 5.75 Å². The predicted octanol–water partition coefficient (Wildman–Crippen LogP) is 3.32. The quantitative estimate of drug-likeness (QED) is 0.704. The van der Waals surface area contributed by atoms with Crippen LogP contribution in [-0.2, 0) is 14.3 Å². The van der Waals surface area contributed by atoms with E-state index in [2.05, 4.69) is 5.32 Å². The van der Waals surface area contributed by atoms with Crippen LogP contribution in [0.15, 0.2) is 18.2 Å². The highest BCUT2D eigenvalue weighted by Crippen LogP contribution is 2.27. The molecule has 8 nitrogen and oxygen atoms in total. The summed E-state index contributed by atoms with van der Waals surface area (Å²) in [6.45, 7) is 6.29. The maximum absolute atomic E-state index is 13.2. The van der Waals surface area contributed by atoms with Crippen molar-refractivity contribution in [1.82, 2.24) is 9.80 Å². The third-order valence-corrected chi connectivity index (χ3v) is 5.71. The molecule has 1 aliphatic heterocycles. The third kappa shape index (κ3) is 7.34. The first-order valence-electron chi connectivity index (χ1n) is 11.1. The van der Waals surface area contributed by atoms with Crippen molar-refractivity contribution in [1.29, 1.82) is 0 Å². The van der Waals surface area contributed by atoms with Crippen LogP contribution in [0.3, 0.4) is 0 Å². The molecule has 190 valence electrons. The zero-order valence-electron chi connectivity index (χ0n) is 20.1. The summed E-state index contributed by atoms with van der Waals surface area (Å²) in [5, 5.41) is 2.17. The average molecular weight is 488 g/mol. The molecule has 0 spiro atoms. The van der Waals surface area contributed by atoms with E-state index in [1.54, 1.807) is 18.9 Å². The lowest BCUT2D eigenvalue weighted by Gasteiger charge is -2.36. The van der Waals surface area contributed by atoms with Crippen molar-refractivity contribution in [2.45, 2.75) is 51.9 Å². The zero-order chi connectivity index (χ0) is 25.6. The first-order valence-corrected chi connectivity index (χ1v) is 11.1. The Morgan fingerprint density at radius 2 is 1.91 bits per heavy atom. The van der Waals surface area contributed by atoms with E-state index in [4.69, 9.17) is 9.47 Å². The average Bonchev–Trinajstić information content (AvgIpc) is 2.76. The van der Waals surface area contributed by atoms with Crippen LogP contribution in [0.25, 0.3) is 0 Å². The Hall–Kier alpha value is -2.82. The number of likely N-dealkylation sites (N-methyl/N-ethyl adjacent to an activating group) is 1. The lowest BCUT2D eigenvalue weighted by atomic mass is 10.0. The van der Waals surface area contributed by atoms with E-state index in [0.717, 1.165) is 0 Å². The highest BCUT2D eigenvalue weighted by Gasteiger charge is 2.32. The maximum Gasteiger partial charge on any atom is 0.397 e. The highest BCUT2D eigenvalue weighted by molar-refractivity contribution is 5.99. The predicted molar refractivity (Wildman–Crippen MR) is 120 cm³/mol. The van der Waals surface area contributed by atoms with Gasteiger partial charge in [-0.2, -0.15) is 13.2 Å². The normalized spacial score (nSPS) is 22.2. The van der Waals surface area contributed by atoms with Crippen molar-refractivity contribution in [3.63, 3.8) is 0 Å². The molecule has 0 aliphatic carbocycles. The van der Waals surface area contributed by atoms with Gasteiger partial charge in [-0.05, 0) is 25.1 Å². The number of carbonyl (C=O) groups excluding carboxylic acids is 3. The minimum absolute atomic E-state index is 0.0396. The van der Waals surface area contributed by atoms with Crippen LogP contribution in [-0.4, -0.2) is 79.7 Å². The number of fused-ring (bicyclic) bond motifs is 1. The van der Waals surface area contributed by atoms with Crippen molar-refractivity contribution in [3.8, 4) is 5.75 Å². The van der Waals surface area contributed by atoms with E-state index in [1.807, 2.05) is 13.8 Å². The molecule has 3 amide bonds. The molecule has 11 heteroatoms. The zero-order valence-corrected chi connectivity index (χ0v) is 20.1. The smallest absolute Gasteiger partial charge is 0.397 e. The van der Waals surface area contributed by atoms with Crippen molar-refractivity contribution in [3.05, 3.63) is 23.8 Å². The summed E-state index contributed by atoms with van der Waals surface area (Å²) in [4.78, 5) is 40.7. The van der Waals surface area contributed by atoms with Gasteiger partial charge in [-0.15, -0.1) is 0 Å². The molecule has 0 aromatic heterocycles. The number of carbonyl (C=O) groups is 3. The Labute approximate surface area is 197 Å². The molecule has 3 atom stereocenters. The second kappa shape index (κ2) is 11.5. The number of hydrogen-bond acceptors (Lipinski definition) is 5. The number of amides is 3. The summed E-state index contributed by atoms with van der Waals surface area (Å²) in [6.07, 6.45) is -6.33. The number of ether oxygens (including phenoxy) is 2. The first kappa shape index (κ1) is 27.4. The van der Waals surface area contributed by atoms with Gasteiger partial charge >= 0.3 is 6.18 Å². The number of halogens is 3. The van der Waals surface area contributed by atoms with Crippen LogP contribution in [0.4, 0.5) is 18.9 Å². The van der Waals surface area contributed by atoms with Gasteiger partial charge in [0, 0.05) is 45.3 Å². The molecule has 1 heterocycles. The number of methoxy groups -OCH3 is 1. The molecule has 0 unspecified atom stereocenters. The molecule has 2 rings (SSSR count). The van der Waals surface area contributed by atoms with E-state index in [9.17, 15) is 27.6 Å². The number of rotatable bonds is 4. The number of anilines is 1. The van der Waals surface area contributed by atoms with Crippen LogP contribution in [0, 0.1) is 5.92 Å². The summed E-state index contributed by atoms with van der Waals surface area (Å²) in [5.74, 6) is -1.61. The monoisotopic (exact) mass is 487 g/mol. The fourth-order valence-electron chi connectivity index (χ4n) is 3.79. The molecular weight excluding hydrogens is 455 g/mol. The number of alkyl halides is 3. The van der Waals surface area contributed by atoms with Crippen molar-refractivity contribution >= 4 is 23.4 Å². The fourth-order valence-corrected chi connectivity index (χ4v) is 3.79. The van der Waals surface area contributed by atoms with Gasteiger partial charge in [-0.3, -0.25) is 14.4 Å². The maximum atomic E-state index is 13.2. The van der Waals surface area contributed by atoms with Gasteiger partial charge in [-0.1, -0.05) is 13.8 Å². The summed E-state index contributed by atoms with van der Waals surface area (Å²) < 4.78 is 49.0. The number of nitrogens with zero attached hydrogens (tertiary/aromatic N) is 2. The van der Waals surface area contributed by atoms with E-state index in [-0.39, 0.29) is 54.1 Å². The van der Waals surface area contributed by atoms with Gasteiger partial charge in [-0.25, -0.2) is 0 Å². The van der Waals surface area contributed by atoms with Crippen molar-refractivity contribution < 1.29 is 37.0 Å². The van der Waals surface area contributed by atoms with Gasteiger partial charge in [0.15, 0.2) is 0 Å². The van der Waals surface area contributed by atoms with Crippen LogP contribution in [0.2, 0.25) is 0 Å². The highest BCUT2D eigenvalue weighted by atomic mass is 19.4. The molecule has 34 heavy (non-hydrogen) atoms. The Morgan fingerprint density at radius 3 is 2.50 bits per heavy atom. The van der Waals surface area contributed by atoms with E-state index in [1.165, 1.54) is 30.2 Å². The molecule has 0 fully saturated rings. The summed E-state index contributed by atoms with van der Waals surface area (Å²) in [7, 11) is 3.11. The Bertz CT molecular complexity index is 893. The van der Waals surface area contributed by atoms with Gasteiger partial charge < -0.3 is 24.6 Å². The van der Waals surface area contributed by atoms with Crippen LogP contribution >= 0.6 is 0 Å². The molecule has 1 aromatic carbocycles. The summed E-state index contributed by atoms with van der Waals surface area (Å²) in [6, 6.07) is 3.77. The topological polar surface area (TPSA) is 88.2 Å². The van der Waals surface area contributed by atoms with Crippen molar-refractivity contribution in [2.75, 3.05) is 39.2 Å². The van der Waals surface area contributed by atoms with Crippen LogP contribution in [0.1, 0.15) is 44.0 Å². The molecule has 0 saturated heterocycles. The van der Waals surface area contributed by atoms with Gasteiger partial charge in [0.1, 0.15) is 18.8 Å². The van der Waals surface area contributed by atoms with Gasteiger partial charge in [0.25, 0.3) is 5.91 Å². The first-order chi connectivity index (χ1) is 15.9. The lowest BCUT2D eigenvalue weighted by molar-refractivity contribution is -0.150. The molecule has 1 aliphatic rings. The minimum atomic E-state index is -4.65. The molecule has 0 bridgehead atoms. The SMILES string of the molecule is CCC(=O)N1C[C@@H](C)[C@@H](OC)CN(C)C(=O)c2cc(NC(=O)CC(F)(F)F)ccc2OC[C@H]1C. The standard InChI is InChI=1S/C23H32F3N3O5/c1-6-21(31)29-11-14(2)19(33-5)12-28(4)22(32)17-9-16(27-20(30)10-23(24,25)26)7-8-18(17)34-13-15(29)3/h7-9,14-15,19H,6,10-13H2,1-5H3,(H,27,30)/t14-,15-,19+/m1/s1. The molecular formula is C23H32F3N3O5. The van der Waals surface area contributed by atoms with E-state index >= 15 is 0 Å². The molecule has 1 N–H and O–H groups in total. The largest absolute Gasteiger partial charge is 0.491 e. The van der Waals surface area contributed by atoms with Crippen LogP contribution < -0.4 is 10.1 Å². The number of benzene rings is 1. The van der Waals surface area contributed by atoms with Crippen molar-refractivity contribution in [2.24, 2.45) is 5.92 Å². The number of nitrogens with one attached hydrogen (secondary N) is 1. The fraction of sp³-hybridized carbons (Fsp3) is 0.609. The molecule has 0 radical (unpaired) electrons. The minimum Gasteiger partial charge on any atom is -0.491 e.